The monoisotopic (exact) mass is 229 g/mol. The Bertz CT molecular complexity index is 174. The maximum absolute atomic E-state index is 11.1. The van der Waals surface area contributed by atoms with Crippen molar-refractivity contribution in [3.63, 3.8) is 0 Å². The summed E-state index contributed by atoms with van der Waals surface area (Å²) in [5.41, 5.74) is 2.12. The zero-order valence-corrected chi connectivity index (χ0v) is 10.7. The van der Waals surface area contributed by atoms with E-state index in [2.05, 4.69) is 24.6 Å². The number of nitrogens with two attached hydrogens (primary N) is 1. The maximum Gasteiger partial charge on any atom is 0.329 e. The molecule has 2 amide bonds. The second kappa shape index (κ2) is 10.7. The predicted molar refractivity (Wildman–Crippen MR) is 67.9 cm³/mol. The molecule has 0 saturated heterocycles. The first kappa shape index (κ1) is 15.2. The fourth-order valence-corrected chi connectivity index (χ4v) is 1.78. The SMILES string of the molecule is CCCCCCC(CCCC)NC(=O)NN. The van der Waals surface area contributed by atoms with Gasteiger partial charge in [0, 0.05) is 6.04 Å². The molecule has 0 spiro atoms. The number of hydrogen-bond acceptors (Lipinski definition) is 2. The molecule has 1 unspecified atom stereocenters. The van der Waals surface area contributed by atoms with E-state index in [1.165, 1.54) is 25.7 Å². The van der Waals surface area contributed by atoms with Gasteiger partial charge in [0.25, 0.3) is 0 Å². The number of urea groups is 1. The Hall–Kier alpha value is -0.770. The van der Waals surface area contributed by atoms with Crippen LogP contribution in [0, 0.1) is 0 Å². The van der Waals surface area contributed by atoms with E-state index in [-0.39, 0.29) is 12.1 Å². The van der Waals surface area contributed by atoms with Crippen LogP contribution in [0.2, 0.25) is 0 Å². The highest BCUT2D eigenvalue weighted by Crippen LogP contribution is 2.10. The van der Waals surface area contributed by atoms with E-state index in [9.17, 15) is 4.79 Å². The second-order valence-electron chi connectivity index (χ2n) is 4.31. The molecule has 0 aromatic heterocycles. The van der Waals surface area contributed by atoms with Crippen LogP contribution in [0.1, 0.15) is 65.2 Å². The Balaban J connectivity index is 3.75. The van der Waals surface area contributed by atoms with Gasteiger partial charge in [-0.3, -0.25) is 5.43 Å². The number of unbranched alkanes of at least 4 members (excludes halogenated alkanes) is 4. The molecule has 0 aliphatic heterocycles. The third-order valence-electron chi connectivity index (χ3n) is 2.78. The average Bonchev–Trinajstić information content (AvgIpc) is 2.30. The topological polar surface area (TPSA) is 67.2 Å². The van der Waals surface area contributed by atoms with E-state index in [1.54, 1.807) is 0 Å². The first-order valence-corrected chi connectivity index (χ1v) is 6.51. The highest BCUT2D eigenvalue weighted by Gasteiger charge is 2.10. The van der Waals surface area contributed by atoms with Crippen molar-refractivity contribution in [3.8, 4) is 0 Å². The van der Waals surface area contributed by atoms with Crippen molar-refractivity contribution in [1.82, 2.24) is 10.7 Å². The molecule has 0 bridgehead atoms. The molecule has 0 aromatic rings. The normalized spacial score (nSPS) is 12.2. The number of amides is 2. The van der Waals surface area contributed by atoms with Crippen molar-refractivity contribution in [2.75, 3.05) is 0 Å². The highest BCUT2D eigenvalue weighted by atomic mass is 16.2. The van der Waals surface area contributed by atoms with Gasteiger partial charge in [0.05, 0.1) is 0 Å². The van der Waals surface area contributed by atoms with Crippen molar-refractivity contribution in [3.05, 3.63) is 0 Å². The van der Waals surface area contributed by atoms with Crippen LogP contribution < -0.4 is 16.6 Å². The third kappa shape index (κ3) is 8.53. The van der Waals surface area contributed by atoms with Crippen molar-refractivity contribution in [2.24, 2.45) is 5.84 Å². The molecule has 0 rings (SSSR count). The van der Waals surface area contributed by atoms with E-state index in [4.69, 9.17) is 5.84 Å². The van der Waals surface area contributed by atoms with Crippen molar-refractivity contribution in [2.45, 2.75) is 71.3 Å². The van der Waals surface area contributed by atoms with Gasteiger partial charge >= 0.3 is 6.03 Å². The van der Waals surface area contributed by atoms with Crippen molar-refractivity contribution < 1.29 is 4.79 Å². The standard InChI is InChI=1S/C12H27N3O/c1-3-5-7-8-10-11(9-6-4-2)14-12(16)15-13/h11H,3-10,13H2,1-2H3,(H2,14,15,16). The molecule has 0 heterocycles. The summed E-state index contributed by atoms with van der Waals surface area (Å²) in [4.78, 5) is 11.1. The molecule has 4 N–H and O–H groups in total. The summed E-state index contributed by atoms with van der Waals surface area (Å²) in [5, 5.41) is 2.90. The van der Waals surface area contributed by atoms with Gasteiger partial charge in [0.15, 0.2) is 0 Å². The minimum Gasteiger partial charge on any atom is -0.334 e. The van der Waals surface area contributed by atoms with Gasteiger partial charge in [0.1, 0.15) is 0 Å². The molecule has 0 aliphatic carbocycles. The van der Waals surface area contributed by atoms with Crippen LogP contribution in [-0.4, -0.2) is 12.1 Å². The fourth-order valence-electron chi connectivity index (χ4n) is 1.78. The highest BCUT2D eigenvalue weighted by molar-refractivity contribution is 5.73. The molecule has 4 heteroatoms. The van der Waals surface area contributed by atoms with Gasteiger partial charge < -0.3 is 5.32 Å². The summed E-state index contributed by atoms with van der Waals surface area (Å²) in [7, 11) is 0. The predicted octanol–water partition coefficient (Wildman–Crippen LogP) is 2.69. The van der Waals surface area contributed by atoms with Crippen LogP contribution in [0.25, 0.3) is 0 Å². The molecule has 16 heavy (non-hydrogen) atoms. The first-order chi connectivity index (χ1) is 7.74. The van der Waals surface area contributed by atoms with E-state index >= 15 is 0 Å². The number of carbonyl (C=O) groups excluding carboxylic acids is 1. The molecule has 4 nitrogen and oxygen atoms in total. The van der Waals surface area contributed by atoms with Crippen LogP contribution in [0.15, 0.2) is 0 Å². The van der Waals surface area contributed by atoms with Gasteiger partial charge in [-0.05, 0) is 12.8 Å². The second-order valence-corrected chi connectivity index (χ2v) is 4.31. The van der Waals surface area contributed by atoms with E-state index in [0.717, 1.165) is 25.7 Å². The summed E-state index contributed by atoms with van der Waals surface area (Å²) in [6.45, 7) is 4.37. The maximum atomic E-state index is 11.1. The van der Waals surface area contributed by atoms with Gasteiger partial charge in [-0.1, -0.05) is 52.4 Å². The van der Waals surface area contributed by atoms with Crippen LogP contribution in [0.3, 0.4) is 0 Å². The van der Waals surface area contributed by atoms with Crippen molar-refractivity contribution >= 4 is 6.03 Å². The third-order valence-corrected chi connectivity index (χ3v) is 2.78. The largest absolute Gasteiger partial charge is 0.334 e. The molecule has 0 saturated carbocycles. The van der Waals surface area contributed by atoms with Crippen LogP contribution in [0.4, 0.5) is 4.79 Å². The minimum absolute atomic E-state index is 0.267. The van der Waals surface area contributed by atoms with Crippen LogP contribution >= 0.6 is 0 Å². The number of nitrogens with one attached hydrogen (secondary N) is 2. The number of hydrazine groups is 1. The Morgan fingerprint density at radius 2 is 1.69 bits per heavy atom. The lowest BCUT2D eigenvalue weighted by atomic mass is 10.0. The molecule has 96 valence electrons. The van der Waals surface area contributed by atoms with E-state index in [1.807, 2.05) is 0 Å². The Morgan fingerprint density at radius 1 is 1.06 bits per heavy atom. The molecule has 0 aromatic carbocycles. The van der Waals surface area contributed by atoms with E-state index < -0.39 is 0 Å². The quantitative estimate of drug-likeness (QED) is 0.246. The number of carbonyl (C=O) groups is 1. The molecular formula is C12H27N3O. The number of hydrogen-bond donors (Lipinski definition) is 3. The Kier molecular flexibility index (Phi) is 10.2. The zero-order valence-electron chi connectivity index (χ0n) is 10.7. The van der Waals surface area contributed by atoms with Crippen LogP contribution in [0.5, 0.6) is 0 Å². The summed E-state index contributed by atoms with van der Waals surface area (Å²) in [6, 6.07) is 0.0111. The molecule has 0 aliphatic rings. The Labute approximate surface area is 99.3 Å². The van der Waals surface area contributed by atoms with Crippen LogP contribution in [-0.2, 0) is 0 Å². The smallest absolute Gasteiger partial charge is 0.329 e. The summed E-state index contributed by atoms with van der Waals surface area (Å²) in [5.74, 6) is 5.06. The fraction of sp³-hybridized carbons (Fsp3) is 0.917. The van der Waals surface area contributed by atoms with Gasteiger partial charge in [0.2, 0.25) is 0 Å². The minimum atomic E-state index is -0.267. The Morgan fingerprint density at radius 3 is 2.25 bits per heavy atom. The molecular weight excluding hydrogens is 202 g/mol. The summed E-state index contributed by atoms with van der Waals surface area (Å²) < 4.78 is 0. The lowest BCUT2D eigenvalue weighted by Gasteiger charge is -2.18. The average molecular weight is 229 g/mol. The number of rotatable bonds is 9. The molecule has 0 fully saturated rings. The van der Waals surface area contributed by atoms with Crippen molar-refractivity contribution in [1.29, 1.82) is 0 Å². The first-order valence-electron chi connectivity index (χ1n) is 6.51. The van der Waals surface area contributed by atoms with E-state index in [0.29, 0.717) is 0 Å². The zero-order chi connectivity index (χ0) is 12.2. The molecule has 1 atom stereocenters. The summed E-state index contributed by atoms with van der Waals surface area (Å²) in [6.07, 6.45) is 9.40. The lowest BCUT2D eigenvalue weighted by molar-refractivity contribution is 0.235. The lowest BCUT2D eigenvalue weighted by Crippen LogP contribution is -2.45. The van der Waals surface area contributed by atoms with Gasteiger partial charge in [-0.2, -0.15) is 0 Å². The van der Waals surface area contributed by atoms with Gasteiger partial charge in [-0.15, -0.1) is 0 Å². The van der Waals surface area contributed by atoms with Gasteiger partial charge in [-0.25, -0.2) is 10.6 Å². The molecule has 0 radical (unpaired) electrons. The summed E-state index contributed by atoms with van der Waals surface area (Å²) >= 11 is 0.